The van der Waals surface area contributed by atoms with Gasteiger partial charge in [0, 0.05) is 0 Å². The first-order valence-corrected chi connectivity index (χ1v) is 5.97. The molecule has 0 N–H and O–H groups in total. The van der Waals surface area contributed by atoms with Gasteiger partial charge in [-0.05, 0) is 44.2 Å². The monoisotopic (exact) mass is 218 g/mol. The van der Waals surface area contributed by atoms with Gasteiger partial charge in [0.2, 0.25) is 0 Å². The van der Waals surface area contributed by atoms with Crippen LogP contribution >= 0.6 is 0 Å². The van der Waals surface area contributed by atoms with Crippen LogP contribution in [0, 0.1) is 0 Å². The van der Waals surface area contributed by atoms with Crippen LogP contribution in [0.3, 0.4) is 0 Å². The second-order valence-electron chi connectivity index (χ2n) is 4.63. The Kier molecular flexibility index (Phi) is 3.28. The van der Waals surface area contributed by atoms with Gasteiger partial charge in [-0.25, -0.2) is 0 Å². The van der Waals surface area contributed by atoms with Crippen molar-refractivity contribution in [3.05, 3.63) is 35.4 Å². The molecule has 0 saturated carbocycles. The molecule has 1 aromatic carbocycles. The van der Waals surface area contributed by atoms with Crippen molar-refractivity contribution >= 4 is 5.97 Å². The molecular formula is C14H18O2. The first-order chi connectivity index (χ1) is 7.68. The standard InChI is InChI=1S/C14H18O2/c1-10(2)16-14(15)13-9-5-7-11-6-3-4-8-12(11)13/h3-4,6,8,10,13H,5,7,9H2,1-2H3. The van der Waals surface area contributed by atoms with Crippen LogP contribution in [0.1, 0.15) is 43.7 Å². The van der Waals surface area contributed by atoms with E-state index in [0.29, 0.717) is 0 Å². The van der Waals surface area contributed by atoms with Gasteiger partial charge in [-0.15, -0.1) is 0 Å². The normalized spacial score (nSPS) is 19.3. The van der Waals surface area contributed by atoms with E-state index in [2.05, 4.69) is 12.1 Å². The van der Waals surface area contributed by atoms with E-state index in [-0.39, 0.29) is 18.0 Å². The predicted molar refractivity (Wildman–Crippen MR) is 63.3 cm³/mol. The Morgan fingerprint density at radius 3 is 2.88 bits per heavy atom. The molecular weight excluding hydrogens is 200 g/mol. The molecule has 1 aliphatic carbocycles. The second-order valence-corrected chi connectivity index (χ2v) is 4.63. The quantitative estimate of drug-likeness (QED) is 0.713. The van der Waals surface area contributed by atoms with Gasteiger partial charge in [-0.3, -0.25) is 4.79 Å². The summed E-state index contributed by atoms with van der Waals surface area (Å²) >= 11 is 0. The van der Waals surface area contributed by atoms with Crippen molar-refractivity contribution in [3.8, 4) is 0 Å². The van der Waals surface area contributed by atoms with E-state index in [4.69, 9.17) is 4.74 Å². The summed E-state index contributed by atoms with van der Waals surface area (Å²) in [5.74, 6) is -0.116. The summed E-state index contributed by atoms with van der Waals surface area (Å²) in [6.07, 6.45) is 3.06. The highest BCUT2D eigenvalue weighted by atomic mass is 16.5. The van der Waals surface area contributed by atoms with E-state index in [1.807, 2.05) is 26.0 Å². The molecule has 0 amide bonds. The molecule has 1 unspecified atom stereocenters. The van der Waals surface area contributed by atoms with Crippen LogP contribution in [0.15, 0.2) is 24.3 Å². The van der Waals surface area contributed by atoms with E-state index in [0.717, 1.165) is 19.3 Å². The minimum Gasteiger partial charge on any atom is -0.463 e. The van der Waals surface area contributed by atoms with Crippen LogP contribution in [-0.2, 0) is 16.0 Å². The van der Waals surface area contributed by atoms with Crippen molar-refractivity contribution in [2.75, 3.05) is 0 Å². The van der Waals surface area contributed by atoms with Crippen molar-refractivity contribution in [3.63, 3.8) is 0 Å². The maximum atomic E-state index is 11.9. The third-order valence-electron chi connectivity index (χ3n) is 3.01. The number of esters is 1. The topological polar surface area (TPSA) is 26.3 Å². The van der Waals surface area contributed by atoms with Crippen molar-refractivity contribution < 1.29 is 9.53 Å². The first kappa shape index (κ1) is 11.2. The molecule has 1 aromatic rings. The van der Waals surface area contributed by atoms with Crippen LogP contribution in [-0.4, -0.2) is 12.1 Å². The lowest BCUT2D eigenvalue weighted by atomic mass is 9.83. The number of benzene rings is 1. The van der Waals surface area contributed by atoms with Gasteiger partial charge in [-0.1, -0.05) is 24.3 Å². The summed E-state index contributed by atoms with van der Waals surface area (Å²) in [6.45, 7) is 3.79. The molecule has 0 aromatic heterocycles. The summed E-state index contributed by atoms with van der Waals surface area (Å²) in [6, 6.07) is 8.21. The smallest absolute Gasteiger partial charge is 0.313 e. The molecule has 0 spiro atoms. The third kappa shape index (κ3) is 2.26. The second kappa shape index (κ2) is 4.69. The highest BCUT2D eigenvalue weighted by Crippen LogP contribution is 2.32. The van der Waals surface area contributed by atoms with Crippen molar-refractivity contribution in [2.24, 2.45) is 0 Å². The van der Waals surface area contributed by atoms with Crippen LogP contribution in [0.25, 0.3) is 0 Å². The van der Waals surface area contributed by atoms with Crippen molar-refractivity contribution in [2.45, 2.75) is 45.1 Å². The van der Waals surface area contributed by atoms with Gasteiger partial charge >= 0.3 is 5.97 Å². The molecule has 16 heavy (non-hydrogen) atoms. The number of hydrogen-bond donors (Lipinski definition) is 0. The van der Waals surface area contributed by atoms with Gasteiger partial charge in [0.1, 0.15) is 0 Å². The van der Waals surface area contributed by atoms with Crippen LogP contribution in [0.4, 0.5) is 0 Å². The number of carbonyl (C=O) groups is 1. The zero-order valence-electron chi connectivity index (χ0n) is 9.90. The molecule has 1 aliphatic rings. The average molecular weight is 218 g/mol. The maximum absolute atomic E-state index is 11.9. The molecule has 0 aliphatic heterocycles. The Morgan fingerprint density at radius 1 is 1.38 bits per heavy atom. The molecule has 0 fully saturated rings. The number of ether oxygens (including phenoxy) is 1. The van der Waals surface area contributed by atoms with Crippen LogP contribution in [0.5, 0.6) is 0 Å². The molecule has 2 heteroatoms. The lowest BCUT2D eigenvalue weighted by Crippen LogP contribution is -2.23. The Bertz CT molecular complexity index is 382. The minimum atomic E-state index is -0.0675. The van der Waals surface area contributed by atoms with Crippen LogP contribution in [0.2, 0.25) is 0 Å². The average Bonchev–Trinajstić information content (AvgIpc) is 2.27. The summed E-state index contributed by atoms with van der Waals surface area (Å²) in [5.41, 5.74) is 2.47. The van der Waals surface area contributed by atoms with E-state index < -0.39 is 0 Å². The molecule has 0 saturated heterocycles. The van der Waals surface area contributed by atoms with Crippen molar-refractivity contribution in [1.29, 1.82) is 0 Å². The summed E-state index contributed by atoms with van der Waals surface area (Å²) in [4.78, 5) is 11.9. The third-order valence-corrected chi connectivity index (χ3v) is 3.01. The highest BCUT2D eigenvalue weighted by molar-refractivity contribution is 5.79. The summed E-state index contributed by atoms with van der Waals surface area (Å²) < 4.78 is 5.31. The summed E-state index contributed by atoms with van der Waals surface area (Å²) in [7, 11) is 0. The minimum absolute atomic E-state index is 0.0263. The number of hydrogen-bond acceptors (Lipinski definition) is 2. The Morgan fingerprint density at radius 2 is 2.12 bits per heavy atom. The lowest BCUT2D eigenvalue weighted by molar-refractivity contribution is -0.149. The SMILES string of the molecule is CC(C)OC(=O)C1CCCc2ccccc21. The molecule has 86 valence electrons. The number of rotatable bonds is 2. The number of aryl methyl sites for hydroxylation is 1. The summed E-state index contributed by atoms with van der Waals surface area (Å²) in [5, 5.41) is 0. The Hall–Kier alpha value is -1.31. The zero-order valence-corrected chi connectivity index (χ0v) is 9.90. The zero-order chi connectivity index (χ0) is 11.5. The molecule has 0 radical (unpaired) electrons. The van der Waals surface area contributed by atoms with Gasteiger partial charge in [0.25, 0.3) is 0 Å². The highest BCUT2D eigenvalue weighted by Gasteiger charge is 2.27. The van der Waals surface area contributed by atoms with Crippen LogP contribution < -0.4 is 0 Å². The van der Waals surface area contributed by atoms with E-state index >= 15 is 0 Å². The van der Waals surface area contributed by atoms with Gasteiger partial charge in [0.15, 0.2) is 0 Å². The van der Waals surface area contributed by atoms with E-state index in [9.17, 15) is 4.79 Å². The fourth-order valence-corrected chi connectivity index (χ4v) is 2.31. The Labute approximate surface area is 96.6 Å². The first-order valence-electron chi connectivity index (χ1n) is 5.97. The molecule has 2 nitrogen and oxygen atoms in total. The van der Waals surface area contributed by atoms with E-state index in [1.165, 1.54) is 11.1 Å². The molecule has 2 rings (SSSR count). The Balaban J connectivity index is 2.21. The lowest BCUT2D eigenvalue weighted by Gasteiger charge is -2.24. The number of fused-ring (bicyclic) bond motifs is 1. The van der Waals surface area contributed by atoms with Gasteiger partial charge in [-0.2, -0.15) is 0 Å². The van der Waals surface area contributed by atoms with Crippen molar-refractivity contribution in [1.82, 2.24) is 0 Å². The molecule has 1 atom stereocenters. The van der Waals surface area contributed by atoms with Gasteiger partial charge < -0.3 is 4.74 Å². The maximum Gasteiger partial charge on any atom is 0.313 e. The molecule has 0 bridgehead atoms. The largest absolute Gasteiger partial charge is 0.463 e. The predicted octanol–water partition coefficient (Wildman–Crippen LogP) is 3.06. The fourth-order valence-electron chi connectivity index (χ4n) is 2.31. The van der Waals surface area contributed by atoms with E-state index in [1.54, 1.807) is 0 Å². The van der Waals surface area contributed by atoms with Gasteiger partial charge in [0.05, 0.1) is 12.0 Å². The fraction of sp³-hybridized carbons (Fsp3) is 0.500. The number of carbonyl (C=O) groups excluding carboxylic acids is 1. The molecule has 0 heterocycles.